The number of rotatable bonds is 1. The van der Waals surface area contributed by atoms with Gasteiger partial charge >= 0.3 is 5.76 Å². The van der Waals surface area contributed by atoms with E-state index in [9.17, 15) is 4.79 Å². The molecule has 0 unspecified atom stereocenters. The smallest absolute Gasteiger partial charge is 0.384 e. The number of hydrogen-bond acceptors (Lipinski definition) is 5. The van der Waals surface area contributed by atoms with Crippen molar-refractivity contribution in [2.45, 2.75) is 0 Å². The van der Waals surface area contributed by atoms with Crippen molar-refractivity contribution in [2.75, 3.05) is 0 Å². The van der Waals surface area contributed by atoms with Crippen molar-refractivity contribution >= 4 is 0 Å². The van der Waals surface area contributed by atoms with Crippen LogP contribution in [0.25, 0.3) is 11.7 Å². The summed E-state index contributed by atoms with van der Waals surface area (Å²) in [7, 11) is 0. The lowest BCUT2D eigenvalue weighted by Crippen LogP contribution is -1.93. The van der Waals surface area contributed by atoms with Gasteiger partial charge in [0, 0.05) is 12.4 Å². The lowest BCUT2D eigenvalue weighted by atomic mass is 10.5. The monoisotopic (exact) mass is 164 g/mol. The van der Waals surface area contributed by atoms with Crippen molar-refractivity contribution in [1.29, 1.82) is 0 Å². The fourth-order valence-electron chi connectivity index (χ4n) is 0.735. The Labute approximate surface area is 66.3 Å². The number of hydrogen-bond donors (Lipinski definition) is 1. The Balaban J connectivity index is 2.51. The second-order valence-electron chi connectivity index (χ2n) is 1.99. The maximum absolute atomic E-state index is 10.5. The summed E-state index contributed by atoms with van der Waals surface area (Å²) >= 11 is 0. The molecule has 0 amide bonds. The summed E-state index contributed by atoms with van der Waals surface area (Å²) in [6.07, 6.45) is 3.08. The first-order valence-electron chi connectivity index (χ1n) is 3.19. The molecule has 0 aliphatic heterocycles. The molecule has 60 valence electrons. The first kappa shape index (κ1) is 6.71. The fraction of sp³-hybridized carbons (Fsp3) is 0. The predicted octanol–water partition coefficient (Wildman–Crippen LogP) is -0.180. The first-order valence-corrected chi connectivity index (χ1v) is 3.19. The first-order chi connectivity index (χ1) is 5.86. The van der Waals surface area contributed by atoms with Gasteiger partial charge in [0.25, 0.3) is 5.89 Å². The molecule has 2 heterocycles. The van der Waals surface area contributed by atoms with Crippen molar-refractivity contribution < 1.29 is 4.42 Å². The molecule has 0 bridgehead atoms. The van der Waals surface area contributed by atoms with Crippen LogP contribution in [0, 0.1) is 0 Å². The summed E-state index contributed by atoms with van der Waals surface area (Å²) in [4.78, 5) is 18.2. The summed E-state index contributed by atoms with van der Waals surface area (Å²) in [6.45, 7) is 0. The minimum atomic E-state index is -0.613. The van der Waals surface area contributed by atoms with Gasteiger partial charge in [-0.15, -0.1) is 5.10 Å². The van der Waals surface area contributed by atoms with E-state index in [1.54, 1.807) is 6.07 Å². The maximum Gasteiger partial charge on any atom is 0.434 e. The van der Waals surface area contributed by atoms with E-state index in [4.69, 9.17) is 0 Å². The van der Waals surface area contributed by atoms with Crippen LogP contribution in [0.5, 0.6) is 0 Å². The topological polar surface area (TPSA) is 84.7 Å². The summed E-state index contributed by atoms with van der Waals surface area (Å²) in [5, 5.41) is 5.67. The number of aromatic nitrogens is 4. The van der Waals surface area contributed by atoms with Gasteiger partial charge in [-0.2, -0.15) is 0 Å². The van der Waals surface area contributed by atoms with Crippen molar-refractivity contribution in [3.8, 4) is 11.7 Å². The molecule has 6 heteroatoms. The lowest BCUT2D eigenvalue weighted by molar-refractivity contribution is 0.523. The lowest BCUT2D eigenvalue weighted by Gasteiger charge is -1.87. The highest BCUT2D eigenvalue weighted by molar-refractivity contribution is 5.36. The normalized spacial score (nSPS) is 10.0. The van der Waals surface area contributed by atoms with Crippen LogP contribution in [0.4, 0.5) is 0 Å². The third kappa shape index (κ3) is 1.09. The zero-order valence-electron chi connectivity index (χ0n) is 5.89. The molecule has 0 aromatic carbocycles. The van der Waals surface area contributed by atoms with Crippen LogP contribution in [0.15, 0.2) is 27.7 Å². The van der Waals surface area contributed by atoms with Crippen LogP contribution in [0.2, 0.25) is 0 Å². The second kappa shape index (κ2) is 2.57. The maximum atomic E-state index is 10.5. The summed E-state index contributed by atoms with van der Waals surface area (Å²) in [5.41, 5.74) is 0. The molecule has 6 nitrogen and oxygen atoms in total. The average Bonchev–Trinajstić information content (AvgIpc) is 2.54. The van der Waals surface area contributed by atoms with Crippen LogP contribution in [-0.4, -0.2) is 20.2 Å². The van der Waals surface area contributed by atoms with E-state index in [1.807, 2.05) is 0 Å². The van der Waals surface area contributed by atoms with Crippen LogP contribution in [0.3, 0.4) is 0 Å². The molecule has 0 fully saturated rings. The highest BCUT2D eigenvalue weighted by atomic mass is 16.4. The Kier molecular flexibility index (Phi) is 1.44. The molecule has 2 rings (SSSR count). The van der Waals surface area contributed by atoms with E-state index in [-0.39, 0.29) is 11.7 Å². The second-order valence-corrected chi connectivity index (χ2v) is 1.99. The third-order valence-corrected chi connectivity index (χ3v) is 1.20. The number of H-pyrrole nitrogens is 1. The summed E-state index contributed by atoms with van der Waals surface area (Å²) in [6, 6.07) is 1.66. The van der Waals surface area contributed by atoms with Gasteiger partial charge in [0.2, 0.25) is 5.82 Å². The van der Waals surface area contributed by atoms with Crippen LogP contribution >= 0.6 is 0 Å². The van der Waals surface area contributed by atoms with E-state index < -0.39 is 5.76 Å². The van der Waals surface area contributed by atoms with Crippen molar-refractivity contribution in [2.24, 2.45) is 0 Å². The van der Waals surface area contributed by atoms with Gasteiger partial charge in [-0.3, -0.25) is 0 Å². The van der Waals surface area contributed by atoms with E-state index in [1.165, 1.54) is 12.4 Å². The van der Waals surface area contributed by atoms with Gasteiger partial charge in [-0.1, -0.05) is 0 Å². The van der Waals surface area contributed by atoms with Gasteiger partial charge < -0.3 is 4.42 Å². The van der Waals surface area contributed by atoms with Gasteiger partial charge in [-0.05, 0) is 6.07 Å². The Bertz CT molecular complexity index is 418. The van der Waals surface area contributed by atoms with Crippen LogP contribution < -0.4 is 5.76 Å². The molecule has 0 atom stereocenters. The van der Waals surface area contributed by atoms with E-state index in [0.29, 0.717) is 0 Å². The highest BCUT2D eigenvalue weighted by Gasteiger charge is 2.05. The molecule has 2 aromatic heterocycles. The predicted molar refractivity (Wildman–Crippen MR) is 38.1 cm³/mol. The van der Waals surface area contributed by atoms with Crippen molar-refractivity contribution in [3.63, 3.8) is 0 Å². The average molecular weight is 164 g/mol. The minimum absolute atomic E-state index is 0.0978. The molecule has 1 N–H and O–H groups in total. The minimum Gasteiger partial charge on any atom is -0.384 e. The zero-order chi connectivity index (χ0) is 8.39. The summed E-state index contributed by atoms with van der Waals surface area (Å²) < 4.78 is 4.62. The summed E-state index contributed by atoms with van der Waals surface area (Å²) in [5.74, 6) is -0.228. The van der Waals surface area contributed by atoms with Crippen molar-refractivity contribution in [3.05, 3.63) is 29.0 Å². The van der Waals surface area contributed by atoms with Gasteiger partial charge in [0.05, 0.1) is 0 Å². The van der Waals surface area contributed by atoms with E-state index >= 15 is 0 Å². The van der Waals surface area contributed by atoms with Crippen molar-refractivity contribution in [1.82, 2.24) is 20.2 Å². The number of nitrogens with zero attached hydrogens (tertiary/aromatic N) is 3. The number of nitrogens with one attached hydrogen (secondary N) is 1. The van der Waals surface area contributed by atoms with E-state index in [2.05, 4.69) is 24.6 Å². The SMILES string of the molecule is O=c1[nH]nc(-c2ncccn2)o1. The molecule has 0 saturated heterocycles. The van der Waals surface area contributed by atoms with Gasteiger partial charge in [-0.25, -0.2) is 19.9 Å². The molecule has 12 heavy (non-hydrogen) atoms. The Morgan fingerprint density at radius 1 is 1.33 bits per heavy atom. The molecular weight excluding hydrogens is 160 g/mol. The highest BCUT2D eigenvalue weighted by Crippen LogP contribution is 2.04. The molecule has 0 aliphatic rings. The molecule has 2 aromatic rings. The van der Waals surface area contributed by atoms with Crippen LogP contribution in [-0.2, 0) is 0 Å². The van der Waals surface area contributed by atoms with Gasteiger partial charge in [0.1, 0.15) is 0 Å². The molecule has 0 saturated carbocycles. The number of aromatic amines is 1. The zero-order valence-corrected chi connectivity index (χ0v) is 5.89. The fourth-order valence-corrected chi connectivity index (χ4v) is 0.735. The molecule has 0 aliphatic carbocycles. The Morgan fingerprint density at radius 3 is 2.67 bits per heavy atom. The third-order valence-electron chi connectivity index (χ3n) is 1.20. The standard InChI is InChI=1S/C6H4N4O2/c11-6-10-9-5(12-6)4-7-2-1-3-8-4/h1-3H,(H,10,11). The van der Waals surface area contributed by atoms with E-state index in [0.717, 1.165) is 0 Å². The molecule has 0 radical (unpaired) electrons. The Morgan fingerprint density at radius 2 is 2.08 bits per heavy atom. The Hall–Kier alpha value is -1.98. The largest absolute Gasteiger partial charge is 0.434 e. The van der Waals surface area contributed by atoms with Gasteiger partial charge in [0.15, 0.2) is 0 Å². The van der Waals surface area contributed by atoms with Crippen LogP contribution in [0.1, 0.15) is 0 Å². The quantitative estimate of drug-likeness (QED) is 0.631. The molecule has 0 spiro atoms. The molecular formula is C6H4N4O2.